The van der Waals surface area contributed by atoms with Gasteiger partial charge in [0.15, 0.2) is 0 Å². The highest BCUT2D eigenvalue weighted by Gasteiger charge is 2.15. The van der Waals surface area contributed by atoms with Crippen molar-refractivity contribution in [2.45, 2.75) is 46.2 Å². The summed E-state index contributed by atoms with van der Waals surface area (Å²) in [6, 6.07) is 6.64. The lowest BCUT2D eigenvalue weighted by atomic mass is 9.99. The molecular weight excluding hydrogens is 253 g/mol. The smallest absolute Gasteiger partial charge is 0.0595 e. The third-order valence-corrected chi connectivity index (χ3v) is 3.89. The van der Waals surface area contributed by atoms with E-state index < -0.39 is 0 Å². The average Bonchev–Trinajstić information content (AvgIpc) is 2.28. The number of halogens is 2. The van der Waals surface area contributed by atoms with Gasteiger partial charge in [-0.2, -0.15) is 0 Å². The Labute approximate surface area is 115 Å². The highest BCUT2D eigenvalue weighted by atomic mass is 35.5. The molecular formula is C14H21Cl2N. The van der Waals surface area contributed by atoms with Gasteiger partial charge in [0.25, 0.3) is 0 Å². The molecule has 0 aliphatic carbocycles. The van der Waals surface area contributed by atoms with Crippen molar-refractivity contribution in [1.82, 2.24) is 5.32 Å². The fourth-order valence-corrected chi connectivity index (χ4v) is 2.29. The van der Waals surface area contributed by atoms with Crippen LogP contribution in [-0.2, 0) is 0 Å². The van der Waals surface area contributed by atoms with Crippen molar-refractivity contribution in [3.8, 4) is 0 Å². The summed E-state index contributed by atoms with van der Waals surface area (Å²) in [7, 11) is 0. The molecule has 0 radical (unpaired) electrons. The zero-order valence-electron chi connectivity index (χ0n) is 10.9. The van der Waals surface area contributed by atoms with E-state index in [1.807, 2.05) is 18.2 Å². The van der Waals surface area contributed by atoms with Crippen LogP contribution in [0.25, 0.3) is 0 Å². The molecule has 96 valence electrons. The Morgan fingerprint density at radius 3 is 2.24 bits per heavy atom. The van der Waals surface area contributed by atoms with Gasteiger partial charge in [0.1, 0.15) is 0 Å². The first-order chi connectivity index (χ1) is 7.95. The van der Waals surface area contributed by atoms with Crippen molar-refractivity contribution in [3.05, 3.63) is 33.8 Å². The van der Waals surface area contributed by atoms with Crippen LogP contribution < -0.4 is 5.32 Å². The molecule has 0 saturated carbocycles. The number of rotatable bonds is 5. The van der Waals surface area contributed by atoms with Gasteiger partial charge in [0, 0.05) is 12.1 Å². The molecule has 1 N–H and O–H groups in total. The van der Waals surface area contributed by atoms with E-state index in [1.165, 1.54) is 5.56 Å². The third-order valence-electron chi connectivity index (χ3n) is 3.15. The summed E-state index contributed by atoms with van der Waals surface area (Å²) in [6.07, 6.45) is 1.13. The molecule has 1 aromatic carbocycles. The van der Waals surface area contributed by atoms with E-state index in [4.69, 9.17) is 23.2 Å². The van der Waals surface area contributed by atoms with Gasteiger partial charge in [-0.25, -0.2) is 0 Å². The minimum atomic E-state index is 0.289. The first kappa shape index (κ1) is 14.8. The molecule has 0 amide bonds. The summed E-state index contributed by atoms with van der Waals surface area (Å²) in [5, 5.41) is 4.86. The fourth-order valence-electron chi connectivity index (χ4n) is 1.98. The quantitative estimate of drug-likeness (QED) is 0.789. The van der Waals surface area contributed by atoms with Crippen molar-refractivity contribution in [2.75, 3.05) is 0 Å². The largest absolute Gasteiger partial charge is 0.307 e. The summed E-state index contributed by atoms with van der Waals surface area (Å²) in [4.78, 5) is 0. The minimum Gasteiger partial charge on any atom is -0.307 e. The van der Waals surface area contributed by atoms with Crippen LogP contribution in [0.5, 0.6) is 0 Å². The Kier molecular flexibility index (Phi) is 5.78. The molecule has 1 rings (SSSR count). The molecule has 0 bridgehead atoms. The Morgan fingerprint density at radius 1 is 1.12 bits per heavy atom. The molecule has 1 nitrogen and oxygen atoms in total. The molecule has 0 aromatic heterocycles. The predicted molar refractivity (Wildman–Crippen MR) is 76.9 cm³/mol. The fraction of sp³-hybridized carbons (Fsp3) is 0.571. The van der Waals surface area contributed by atoms with Crippen molar-refractivity contribution >= 4 is 23.2 Å². The lowest BCUT2D eigenvalue weighted by Crippen LogP contribution is -2.35. The zero-order chi connectivity index (χ0) is 13.0. The first-order valence-electron chi connectivity index (χ1n) is 6.16. The maximum Gasteiger partial charge on any atom is 0.0595 e. The van der Waals surface area contributed by atoms with Crippen LogP contribution in [0.4, 0.5) is 0 Å². The van der Waals surface area contributed by atoms with E-state index in [1.54, 1.807) is 0 Å². The van der Waals surface area contributed by atoms with E-state index in [0.717, 1.165) is 6.42 Å². The minimum absolute atomic E-state index is 0.289. The highest BCUT2D eigenvalue weighted by Crippen LogP contribution is 2.26. The van der Waals surface area contributed by atoms with Crippen LogP contribution in [0.3, 0.4) is 0 Å². The van der Waals surface area contributed by atoms with Crippen LogP contribution in [0.2, 0.25) is 10.0 Å². The van der Waals surface area contributed by atoms with Crippen LogP contribution in [-0.4, -0.2) is 6.04 Å². The highest BCUT2D eigenvalue weighted by molar-refractivity contribution is 6.42. The first-order valence-corrected chi connectivity index (χ1v) is 6.92. The van der Waals surface area contributed by atoms with Crippen molar-refractivity contribution in [3.63, 3.8) is 0 Å². The van der Waals surface area contributed by atoms with Crippen LogP contribution in [0.15, 0.2) is 18.2 Å². The van der Waals surface area contributed by atoms with E-state index in [-0.39, 0.29) is 6.04 Å². The van der Waals surface area contributed by atoms with Crippen LogP contribution >= 0.6 is 23.2 Å². The summed E-state index contributed by atoms with van der Waals surface area (Å²) in [5.74, 6) is 0.630. The maximum absolute atomic E-state index is 6.03. The molecule has 0 aliphatic heterocycles. The molecule has 2 atom stereocenters. The number of hydrogen-bond acceptors (Lipinski definition) is 1. The van der Waals surface area contributed by atoms with Gasteiger partial charge in [-0.15, -0.1) is 0 Å². The Balaban J connectivity index is 2.75. The molecule has 17 heavy (non-hydrogen) atoms. The molecule has 0 fully saturated rings. The van der Waals surface area contributed by atoms with Crippen LogP contribution in [0, 0.1) is 5.92 Å². The topological polar surface area (TPSA) is 12.0 Å². The summed E-state index contributed by atoms with van der Waals surface area (Å²) in [6.45, 7) is 8.84. The third kappa shape index (κ3) is 4.17. The monoisotopic (exact) mass is 273 g/mol. The van der Waals surface area contributed by atoms with Crippen molar-refractivity contribution in [2.24, 2.45) is 5.92 Å². The molecule has 0 saturated heterocycles. The Morgan fingerprint density at radius 2 is 1.76 bits per heavy atom. The molecule has 1 aromatic rings. The predicted octanol–water partition coefficient (Wildman–Crippen LogP) is 5.08. The lowest BCUT2D eigenvalue weighted by Gasteiger charge is -2.25. The van der Waals surface area contributed by atoms with E-state index in [9.17, 15) is 0 Å². The SMILES string of the molecule is CCC(NC(C)c1ccc(Cl)c(Cl)c1)C(C)C. The normalized spacial score (nSPS) is 15.0. The summed E-state index contributed by atoms with van der Waals surface area (Å²) in [5.41, 5.74) is 1.18. The molecule has 2 unspecified atom stereocenters. The Bertz CT molecular complexity index is 363. The van der Waals surface area contributed by atoms with E-state index in [2.05, 4.69) is 33.0 Å². The second kappa shape index (κ2) is 6.63. The summed E-state index contributed by atoms with van der Waals surface area (Å²) >= 11 is 11.9. The maximum atomic E-state index is 6.03. The molecule has 3 heteroatoms. The van der Waals surface area contributed by atoms with Crippen molar-refractivity contribution < 1.29 is 0 Å². The Hall–Kier alpha value is -0.240. The molecule has 0 heterocycles. The second-order valence-electron chi connectivity index (χ2n) is 4.82. The van der Waals surface area contributed by atoms with E-state index >= 15 is 0 Å². The van der Waals surface area contributed by atoms with Gasteiger partial charge < -0.3 is 5.32 Å². The number of hydrogen-bond donors (Lipinski definition) is 1. The van der Waals surface area contributed by atoms with Gasteiger partial charge in [-0.3, -0.25) is 0 Å². The van der Waals surface area contributed by atoms with Gasteiger partial charge >= 0.3 is 0 Å². The van der Waals surface area contributed by atoms with Crippen molar-refractivity contribution in [1.29, 1.82) is 0 Å². The standard InChI is InChI=1S/C14H21Cl2N/c1-5-14(9(2)3)17-10(4)11-6-7-12(15)13(16)8-11/h6-10,14,17H,5H2,1-4H3. The zero-order valence-corrected chi connectivity index (χ0v) is 12.4. The lowest BCUT2D eigenvalue weighted by molar-refractivity contribution is 0.356. The second-order valence-corrected chi connectivity index (χ2v) is 5.64. The average molecular weight is 274 g/mol. The number of nitrogens with one attached hydrogen (secondary N) is 1. The number of benzene rings is 1. The summed E-state index contributed by atoms with van der Waals surface area (Å²) < 4.78 is 0. The van der Waals surface area contributed by atoms with Crippen LogP contribution in [0.1, 0.15) is 45.7 Å². The van der Waals surface area contributed by atoms with Gasteiger partial charge in [0.2, 0.25) is 0 Å². The van der Waals surface area contributed by atoms with Gasteiger partial charge in [-0.1, -0.05) is 50.0 Å². The van der Waals surface area contributed by atoms with Gasteiger partial charge in [-0.05, 0) is 37.0 Å². The molecule has 0 spiro atoms. The molecule has 0 aliphatic rings. The van der Waals surface area contributed by atoms with E-state index in [0.29, 0.717) is 22.0 Å². The van der Waals surface area contributed by atoms with Gasteiger partial charge in [0.05, 0.1) is 10.0 Å².